The second-order valence-corrected chi connectivity index (χ2v) is 10.2. The second-order valence-electron chi connectivity index (χ2n) is 7.48. The average Bonchev–Trinajstić information content (AvgIpc) is 2.70. The first-order chi connectivity index (χ1) is 13.8. The van der Waals surface area contributed by atoms with Gasteiger partial charge in [0, 0.05) is 4.47 Å². The maximum absolute atomic E-state index is 12.8. The average molecular weight is 479 g/mol. The molecular formula is C22H27BrN2O3S. The van der Waals surface area contributed by atoms with Gasteiger partial charge in [0.2, 0.25) is 15.9 Å². The molecule has 7 heteroatoms. The van der Waals surface area contributed by atoms with Crippen molar-refractivity contribution in [2.45, 2.75) is 45.1 Å². The fourth-order valence-corrected chi connectivity index (χ4v) is 5.28. The predicted octanol–water partition coefficient (Wildman–Crippen LogP) is 4.36. The summed E-state index contributed by atoms with van der Waals surface area (Å²) in [6.45, 7) is 1.76. The zero-order chi connectivity index (χ0) is 21.0. The second kappa shape index (κ2) is 9.30. The summed E-state index contributed by atoms with van der Waals surface area (Å²) in [6, 6.07) is 13.3. The number of amides is 1. The van der Waals surface area contributed by atoms with Crippen LogP contribution in [0.1, 0.15) is 48.9 Å². The lowest BCUT2D eigenvalue weighted by Crippen LogP contribution is -2.41. The third-order valence-corrected chi connectivity index (χ3v) is 7.12. The van der Waals surface area contributed by atoms with E-state index in [2.05, 4.69) is 39.4 Å². The number of nitrogens with one attached hydrogen (secondary N) is 1. The molecule has 0 radical (unpaired) electrons. The van der Waals surface area contributed by atoms with Crippen LogP contribution in [-0.2, 0) is 27.7 Å². The van der Waals surface area contributed by atoms with Crippen LogP contribution in [0.15, 0.2) is 46.9 Å². The Bertz CT molecular complexity index is 991. The summed E-state index contributed by atoms with van der Waals surface area (Å²) in [5.41, 5.74) is 4.30. The van der Waals surface area contributed by atoms with Crippen LogP contribution in [0.4, 0.5) is 5.69 Å². The van der Waals surface area contributed by atoms with Crippen molar-refractivity contribution >= 4 is 37.5 Å². The van der Waals surface area contributed by atoms with E-state index in [1.54, 1.807) is 24.3 Å². The van der Waals surface area contributed by atoms with Crippen LogP contribution in [0.5, 0.6) is 0 Å². The normalized spacial score (nSPS) is 14.7. The highest BCUT2D eigenvalue weighted by Crippen LogP contribution is 2.28. The number of nitrogens with zero attached hydrogens (tertiary/aromatic N) is 1. The Kier molecular flexibility index (Phi) is 7.01. The molecule has 29 heavy (non-hydrogen) atoms. The van der Waals surface area contributed by atoms with E-state index in [0.717, 1.165) is 35.4 Å². The van der Waals surface area contributed by atoms with E-state index in [4.69, 9.17) is 0 Å². The van der Waals surface area contributed by atoms with Crippen molar-refractivity contribution < 1.29 is 13.2 Å². The maximum Gasteiger partial charge on any atom is 0.241 e. The first-order valence-electron chi connectivity index (χ1n) is 9.93. The third kappa shape index (κ3) is 5.39. The largest absolute Gasteiger partial charge is 0.348 e. The SMILES string of the molecule is CCC(NC(=O)CN(c1ccccc1Br)S(C)(=O)=O)c1ccc2c(c1)CCCC2. The Hall–Kier alpha value is -1.86. The molecule has 5 nitrogen and oxygen atoms in total. The summed E-state index contributed by atoms with van der Waals surface area (Å²) in [4.78, 5) is 12.8. The molecule has 156 valence electrons. The van der Waals surface area contributed by atoms with E-state index >= 15 is 0 Å². The minimum Gasteiger partial charge on any atom is -0.348 e. The van der Waals surface area contributed by atoms with E-state index in [9.17, 15) is 13.2 Å². The van der Waals surface area contributed by atoms with Crippen molar-refractivity contribution in [1.82, 2.24) is 5.32 Å². The molecule has 0 aromatic heterocycles. The molecule has 0 bridgehead atoms. The number of anilines is 1. The number of benzene rings is 2. The van der Waals surface area contributed by atoms with E-state index in [-0.39, 0.29) is 18.5 Å². The van der Waals surface area contributed by atoms with Gasteiger partial charge in [-0.05, 0) is 76.9 Å². The summed E-state index contributed by atoms with van der Waals surface area (Å²) in [7, 11) is -3.61. The van der Waals surface area contributed by atoms with E-state index in [1.807, 2.05) is 6.92 Å². The lowest BCUT2D eigenvalue weighted by molar-refractivity contribution is -0.120. The van der Waals surface area contributed by atoms with Gasteiger partial charge in [0.25, 0.3) is 0 Å². The third-order valence-electron chi connectivity index (χ3n) is 5.33. The number of halogens is 1. The molecule has 0 saturated carbocycles. The van der Waals surface area contributed by atoms with Gasteiger partial charge in [-0.15, -0.1) is 0 Å². The minimum atomic E-state index is -3.61. The van der Waals surface area contributed by atoms with Crippen LogP contribution >= 0.6 is 15.9 Å². The van der Waals surface area contributed by atoms with Gasteiger partial charge in [-0.1, -0.05) is 37.3 Å². The number of rotatable bonds is 7. The van der Waals surface area contributed by atoms with Crippen molar-refractivity contribution in [3.63, 3.8) is 0 Å². The van der Waals surface area contributed by atoms with Crippen LogP contribution in [0.3, 0.4) is 0 Å². The molecule has 1 aliphatic carbocycles. The van der Waals surface area contributed by atoms with Crippen LogP contribution in [0, 0.1) is 0 Å². The number of para-hydroxylation sites is 1. The number of carbonyl (C=O) groups is 1. The molecule has 0 saturated heterocycles. The molecule has 0 heterocycles. The summed E-state index contributed by atoms with van der Waals surface area (Å²) in [6.07, 6.45) is 6.48. The molecule has 0 spiro atoms. The number of fused-ring (bicyclic) bond motifs is 1. The lowest BCUT2D eigenvalue weighted by atomic mass is 9.89. The highest BCUT2D eigenvalue weighted by Gasteiger charge is 2.24. The van der Waals surface area contributed by atoms with Crippen LogP contribution in [-0.4, -0.2) is 27.1 Å². The molecule has 0 fully saturated rings. The van der Waals surface area contributed by atoms with Crippen LogP contribution in [0.2, 0.25) is 0 Å². The van der Waals surface area contributed by atoms with E-state index in [0.29, 0.717) is 10.2 Å². The standard InChI is InChI=1S/C22H27BrN2O3S/c1-3-20(18-13-12-16-8-4-5-9-17(16)14-18)24-22(26)15-25(29(2,27)28)21-11-7-6-10-19(21)23/h6-7,10-14,20H,3-5,8-9,15H2,1-2H3,(H,24,26). The van der Waals surface area contributed by atoms with Gasteiger partial charge < -0.3 is 5.32 Å². The molecule has 1 amide bonds. The fourth-order valence-electron chi connectivity index (χ4n) is 3.80. The van der Waals surface area contributed by atoms with Crippen molar-refractivity contribution in [2.24, 2.45) is 0 Å². The predicted molar refractivity (Wildman–Crippen MR) is 121 cm³/mol. The highest BCUT2D eigenvalue weighted by atomic mass is 79.9. The topological polar surface area (TPSA) is 66.5 Å². The number of hydrogen-bond donors (Lipinski definition) is 1. The molecule has 0 aliphatic heterocycles. The van der Waals surface area contributed by atoms with Gasteiger partial charge in [0.15, 0.2) is 0 Å². The lowest BCUT2D eigenvalue weighted by Gasteiger charge is -2.25. The van der Waals surface area contributed by atoms with Gasteiger partial charge >= 0.3 is 0 Å². The molecule has 1 unspecified atom stereocenters. The van der Waals surface area contributed by atoms with Crippen molar-refractivity contribution in [1.29, 1.82) is 0 Å². The number of carbonyl (C=O) groups excluding carboxylic acids is 1. The Morgan fingerprint density at radius 2 is 1.83 bits per heavy atom. The van der Waals surface area contributed by atoms with Gasteiger partial charge in [-0.25, -0.2) is 8.42 Å². The minimum absolute atomic E-state index is 0.143. The smallest absolute Gasteiger partial charge is 0.241 e. The quantitative estimate of drug-likeness (QED) is 0.642. The van der Waals surface area contributed by atoms with Gasteiger partial charge in [0.1, 0.15) is 6.54 Å². The van der Waals surface area contributed by atoms with Gasteiger partial charge in [-0.3, -0.25) is 9.10 Å². The van der Waals surface area contributed by atoms with Gasteiger partial charge in [0.05, 0.1) is 18.0 Å². The zero-order valence-corrected chi connectivity index (χ0v) is 19.2. The molecule has 1 atom stereocenters. The zero-order valence-electron chi connectivity index (χ0n) is 16.8. The Morgan fingerprint density at radius 3 is 2.48 bits per heavy atom. The number of sulfonamides is 1. The van der Waals surface area contributed by atoms with Crippen LogP contribution < -0.4 is 9.62 Å². The Balaban J connectivity index is 1.77. The van der Waals surface area contributed by atoms with Crippen LogP contribution in [0.25, 0.3) is 0 Å². The summed E-state index contributed by atoms with van der Waals surface area (Å²) >= 11 is 3.38. The number of hydrogen-bond acceptors (Lipinski definition) is 3. The molecular weight excluding hydrogens is 452 g/mol. The fraction of sp³-hybridized carbons (Fsp3) is 0.409. The van der Waals surface area contributed by atoms with E-state index < -0.39 is 10.0 Å². The molecule has 3 rings (SSSR count). The molecule has 2 aromatic carbocycles. The van der Waals surface area contributed by atoms with Crippen molar-refractivity contribution in [2.75, 3.05) is 17.1 Å². The Labute approximate surface area is 181 Å². The first-order valence-corrected chi connectivity index (χ1v) is 12.6. The Morgan fingerprint density at radius 1 is 1.14 bits per heavy atom. The molecule has 1 N–H and O–H groups in total. The number of aryl methyl sites for hydroxylation is 2. The van der Waals surface area contributed by atoms with Crippen molar-refractivity contribution in [3.05, 3.63) is 63.6 Å². The van der Waals surface area contributed by atoms with E-state index in [1.165, 1.54) is 24.0 Å². The highest BCUT2D eigenvalue weighted by molar-refractivity contribution is 9.10. The first kappa shape index (κ1) is 21.8. The summed E-state index contributed by atoms with van der Waals surface area (Å²) < 4.78 is 26.4. The molecule has 2 aromatic rings. The monoisotopic (exact) mass is 478 g/mol. The summed E-state index contributed by atoms with van der Waals surface area (Å²) in [5, 5.41) is 3.02. The van der Waals surface area contributed by atoms with Crippen molar-refractivity contribution in [3.8, 4) is 0 Å². The summed E-state index contributed by atoms with van der Waals surface area (Å²) in [5.74, 6) is -0.323. The van der Waals surface area contributed by atoms with Gasteiger partial charge in [-0.2, -0.15) is 0 Å². The molecule has 1 aliphatic rings. The maximum atomic E-state index is 12.8.